The lowest BCUT2D eigenvalue weighted by atomic mass is 9.71. The molecule has 1 aliphatic rings. The number of ether oxygens (including phenoxy) is 1. The van der Waals surface area contributed by atoms with Crippen molar-refractivity contribution in [2.75, 3.05) is 6.61 Å². The summed E-state index contributed by atoms with van der Waals surface area (Å²) in [7, 11) is 0. The zero-order valence-electron chi connectivity index (χ0n) is 11.8. The van der Waals surface area contributed by atoms with E-state index in [1.165, 1.54) is 37.7 Å². The topological polar surface area (TPSA) is 9.23 Å². The van der Waals surface area contributed by atoms with Crippen LogP contribution in [-0.4, -0.2) is 6.61 Å². The van der Waals surface area contributed by atoms with Crippen LogP contribution in [0, 0.1) is 11.3 Å². The van der Waals surface area contributed by atoms with Crippen LogP contribution >= 0.6 is 0 Å². The molecule has 100 valence electrons. The first kappa shape index (κ1) is 13.6. The van der Waals surface area contributed by atoms with Crippen molar-refractivity contribution in [3.63, 3.8) is 0 Å². The van der Waals surface area contributed by atoms with Gasteiger partial charge in [-0.15, -0.1) is 0 Å². The van der Waals surface area contributed by atoms with Crippen LogP contribution < -0.4 is 0 Å². The minimum absolute atomic E-state index is 0.329. The zero-order valence-corrected chi connectivity index (χ0v) is 11.8. The van der Waals surface area contributed by atoms with Crippen LogP contribution in [0.5, 0.6) is 0 Å². The maximum absolute atomic E-state index is 5.94. The van der Waals surface area contributed by atoms with E-state index in [0.717, 1.165) is 19.1 Å². The monoisotopic (exact) mass is 246 g/mol. The lowest BCUT2D eigenvalue weighted by Gasteiger charge is -2.36. The van der Waals surface area contributed by atoms with E-state index in [9.17, 15) is 0 Å². The summed E-state index contributed by atoms with van der Waals surface area (Å²) >= 11 is 0. The van der Waals surface area contributed by atoms with E-state index in [2.05, 4.69) is 44.2 Å². The van der Waals surface area contributed by atoms with Gasteiger partial charge in [-0.25, -0.2) is 0 Å². The fourth-order valence-corrected chi connectivity index (χ4v) is 3.01. The van der Waals surface area contributed by atoms with E-state index in [-0.39, 0.29) is 0 Å². The summed E-state index contributed by atoms with van der Waals surface area (Å²) in [6.45, 7) is 6.37. The first-order valence-electron chi connectivity index (χ1n) is 7.30. The van der Waals surface area contributed by atoms with Gasteiger partial charge in [0, 0.05) is 0 Å². The van der Waals surface area contributed by atoms with Crippen molar-refractivity contribution < 1.29 is 4.74 Å². The Hall–Kier alpha value is -0.820. The van der Waals surface area contributed by atoms with Crippen LogP contribution in [0.2, 0.25) is 0 Å². The largest absolute Gasteiger partial charge is 0.376 e. The molecule has 1 aliphatic carbocycles. The van der Waals surface area contributed by atoms with E-state index in [4.69, 9.17) is 4.74 Å². The fraction of sp³-hybridized carbons (Fsp3) is 0.647. The quantitative estimate of drug-likeness (QED) is 0.724. The summed E-state index contributed by atoms with van der Waals surface area (Å²) in [4.78, 5) is 0. The Morgan fingerprint density at radius 2 is 1.72 bits per heavy atom. The van der Waals surface area contributed by atoms with Crippen LogP contribution in [0.1, 0.15) is 51.5 Å². The molecule has 18 heavy (non-hydrogen) atoms. The Labute approximate surface area is 112 Å². The summed E-state index contributed by atoms with van der Waals surface area (Å²) < 4.78 is 5.94. The third-order valence-electron chi connectivity index (χ3n) is 4.30. The van der Waals surface area contributed by atoms with E-state index in [1.807, 2.05) is 0 Å². The molecule has 0 aliphatic heterocycles. The van der Waals surface area contributed by atoms with Gasteiger partial charge in [-0.05, 0) is 29.7 Å². The van der Waals surface area contributed by atoms with E-state index in [1.54, 1.807) is 0 Å². The smallest absolute Gasteiger partial charge is 0.0717 e. The van der Waals surface area contributed by atoms with E-state index >= 15 is 0 Å². The van der Waals surface area contributed by atoms with Crippen LogP contribution in [0.15, 0.2) is 30.3 Å². The van der Waals surface area contributed by atoms with Crippen molar-refractivity contribution in [2.45, 2.75) is 52.6 Å². The van der Waals surface area contributed by atoms with Gasteiger partial charge in [0.1, 0.15) is 0 Å². The highest BCUT2D eigenvalue weighted by Gasteiger charge is 2.30. The first-order valence-corrected chi connectivity index (χ1v) is 7.30. The molecule has 0 amide bonds. The van der Waals surface area contributed by atoms with Crippen molar-refractivity contribution in [1.82, 2.24) is 0 Å². The Kier molecular flexibility index (Phi) is 4.82. The molecule has 0 atom stereocenters. The number of rotatable bonds is 5. The number of hydrogen-bond acceptors (Lipinski definition) is 1. The molecule has 0 aromatic heterocycles. The van der Waals surface area contributed by atoms with Crippen molar-refractivity contribution >= 4 is 0 Å². The van der Waals surface area contributed by atoms with Gasteiger partial charge in [0.15, 0.2) is 0 Å². The van der Waals surface area contributed by atoms with Gasteiger partial charge in [0.05, 0.1) is 13.2 Å². The lowest BCUT2D eigenvalue weighted by Crippen LogP contribution is -2.30. The lowest BCUT2D eigenvalue weighted by molar-refractivity contribution is 0.00862. The second-order valence-electron chi connectivity index (χ2n) is 6.30. The standard InChI is InChI=1S/C17H26O/c1-17(2,16-11-7-4-8-12-16)14-18-13-15-9-5-3-6-10-15/h3,5-6,9-10,16H,4,7-8,11-14H2,1-2H3. The number of hydrogen-bond donors (Lipinski definition) is 0. The van der Waals surface area contributed by atoms with Gasteiger partial charge in [-0.3, -0.25) is 0 Å². The third-order valence-corrected chi connectivity index (χ3v) is 4.30. The average molecular weight is 246 g/mol. The molecule has 0 bridgehead atoms. The van der Waals surface area contributed by atoms with Crippen LogP contribution in [-0.2, 0) is 11.3 Å². The van der Waals surface area contributed by atoms with E-state index < -0.39 is 0 Å². The second-order valence-corrected chi connectivity index (χ2v) is 6.30. The van der Waals surface area contributed by atoms with Gasteiger partial charge in [-0.2, -0.15) is 0 Å². The molecule has 0 spiro atoms. The zero-order chi connectivity index (χ0) is 12.8. The molecule has 2 rings (SSSR count). The molecule has 0 unspecified atom stereocenters. The third kappa shape index (κ3) is 3.84. The van der Waals surface area contributed by atoms with Crippen LogP contribution in [0.4, 0.5) is 0 Å². The molecule has 0 radical (unpaired) electrons. The molecule has 1 fully saturated rings. The van der Waals surface area contributed by atoms with Crippen molar-refractivity contribution in [3.05, 3.63) is 35.9 Å². The second kappa shape index (κ2) is 6.38. The van der Waals surface area contributed by atoms with Crippen molar-refractivity contribution in [3.8, 4) is 0 Å². The molecule has 1 aromatic carbocycles. The summed E-state index contributed by atoms with van der Waals surface area (Å²) in [6, 6.07) is 10.5. The van der Waals surface area contributed by atoms with Gasteiger partial charge >= 0.3 is 0 Å². The summed E-state index contributed by atoms with van der Waals surface area (Å²) in [5.41, 5.74) is 1.60. The van der Waals surface area contributed by atoms with Crippen molar-refractivity contribution in [2.24, 2.45) is 11.3 Å². The highest BCUT2D eigenvalue weighted by atomic mass is 16.5. The Balaban J connectivity index is 1.77. The minimum atomic E-state index is 0.329. The van der Waals surface area contributed by atoms with E-state index in [0.29, 0.717) is 5.41 Å². The molecule has 0 heterocycles. The summed E-state index contributed by atoms with van der Waals surface area (Å²) in [6.07, 6.45) is 7.03. The predicted molar refractivity (Wildman–Crippen MR) is 76.5 cm³/mol. The molecule has 0 N–H and O–H groups in total. The maximum Gasteiger partial charge on any atom is 0.0717 e. The Morgan fingerprint density at radius 3 is 2.39 bits per heavy atom. The number of benzene rings is 1. The highest BCUT2D eigenvalue weighted by molar-refractivity contribution is 5.13. The van der Waals surface area contributed by atoms with Crippen LogP contribution in [0.3, 0.4) is 0 Å². The molecule has 1 saturated carbocycles. The van der Waals surface area contributed by atoms with Gasteiger partial charge in [0.25, 0.3) is 0 Å². The van der Waals surface area contributed by atoms with Gasteiger partial charge in [-0.1, -0.05) is 63.4 Å². The normalized spacial score (nSPS) is 17.9. The minimum Gasteiger partial charge on any atom is -0.376 e. The Morgan fingerprint density at radius 1 is 1.06 bits per heavy atom. The first-order chi connectivity index (χ1) is 8.68. The molecule has 0 saturated heterocycles. The predicted octanol–water partition coefficient (Wildman–Crippen LogP) is 4.81. The van der Waals surface area contributed by atoms with Crippen LogP contribution in [0.25, 0.3) is 0 Å². The molecule has 1 aromatic rings. The van der Waals surface area contributed by atoms with Gasteiger partial charge in [0.2, 0.25) is 0 Å². The SMILES string of the molecule is CC(C)(COCc1ccccc1)C1CCCCC1. The van der Waals surface area contributed by atoms with Crippen molar-refractivity contribution in [1.29, 1.82) is 0 Å². The highest BCUT2D eigenvalue weighted by Crippen LogP contribution is 2.38. The maximum atomic E-state index is 5.94. The Bertz CT molecular complexity index is 336. The molecular formula is C17H26O. The molecule has 1 nitrogen and oxygen atoms in total. The van der Waals surface area contributed by atoms with Gasteiger partial charge < -0.3 is 4.74 Å². The fourth-order valence-electron chi connectivity index (χ4n) is 3.01. The summed E-state index contributed by atoms with van der Waals surface area (Å²) in [5, 5.41) is 0. The average Bonchev–Trinajstić information content (AvgIpc) is 2.41. The molecule has 1 heteroatoms. The molecular weight excluding hydrogens is 220 g/mol. The summed E-state index contributed by atoms with van der Waals surface area (Å²) in [5.74, 6) is 0.849.